The summed E-state index contributed by atoms with van der Waals surface area (Å²) in [4.78, 5) is 26.7. The zero-order valence-corrected chi connectivity index (χ0v) is 19.8. The SMILES string of the molecule is CC1CCc2c([nH]c(=O)c(C(=O)O)c2O)-c2cc3cc(CNC(C)(C)C)n(C)c3cc21.Cl. The Labute approximate surface area is 192 Å². The Morgan fingerprint density at radius 1 is 1.28 bits per heavy atom. The molecule has 0 saturated heterocycles. The van der Waals surface area contributed by atoms with Crippen LogP contribution in [-0.2, 0) is 20.0 Å². The zero-order chi connectivity index (χ0) is 22.7. The summed E-state index contributed by atoms with van der Waals surface area (Å²) in [5.74, 6) is -1.66. The van der Waals surface area contributed by atoms with Crippen LogP contribution < -0.4 is 10.9 Å². The van der Waals surface area contributed by atoms with Crippen molar-refractivity contribution in [2.75, 3.05) is 0 Å². The minimum absolute atomic E-state index is 0. The Morgan fingerprint density at radius 2 is 1.97 bits per heavy atom. The van der Waals surface area contributed by atoms with Crippen molar-refractivity contribution in [3.05, 3.63) is 50.9 Å². The molecule has 172 valence electrons. The van der Waals surface area contributed by atoms with Crippen molar-refractivity contribution in [1.29, 1.82) is 0 Å². The number of fused-ring (bicyclic) bond motifs is 4. The molecule has 4 rings (SSSR count). The number of aromatic amines is 1. The second-order valence-corrected chi connectivity index (χ2v) is 9.57. The minimum atomic E-state index is -1.42. The number of hydrogen-bond donors (Lipinski definition) is 4. The van der Waals surface area contributed by atoms with Crippen LogP contribution in [0, 0.1) is 0 Å². The molecule has 1 atom stereocenters. The number of carboxylic acid groups (broad SMARTS) is 1. The van der Waals surface area contributed by atoms with Gasteiger partial charge in [-0.2, -0.15) is 0 Å². The maximum absolute atomic E-state index is 12.4. The van der Waals surface area contributed by atoms with Gasteiger partial charge >= 0.3 is 5.97 Å². The number of hydrogen-bond acceptors (Lipinski definition) is 4. The van der Waals surface area contributed by atoms with E-state index in [1.165, 1.54) is 0 Å². The first-order valence-corrected chi connectivity index (χ1v) is 10.6. The number of aromatic nitrogens is 2. The number of carboxylic acids is 1. The van der Waals surface area contributed by atoms with Crippen molar-refractivity contribution in [2.24, 2.45) is 7.05 Å². The van der Waals surface area contributed by atoms with E-state index in [0.717, 1.165) is 40.7 Å². The molecule has 1 aliphatic rings. The lowest BCUT2D eigenvalue weighted by Crippen LogP contribution is -2.35. The van der Waals surface area contributed by atoms with E-state index in [4.69, 9.17) is 0 Å². The van der Waals surface area contributed by atoms with Gasteiger partial charge in [-0.15, -0.1) is 12.4 Å². The lowest BCUT2D eigenvalue weighted by atomic mass is 9.92. The van der Waals surface area contributed by atoms with Gasteiger partial charge in [0.2, 0.25) is 0 Å². The monoisotopic (exact) mass is 459 g/mol. The van der Waals surface area contributed by atoms with Crippen LogP contribution in [0.3, 0.4) is 0 Å². The van der Waals surface area contributed by atoms with Crippen molar-refractivity contribution >= 4 is 29.3 Å². The second kappa shape index (κ2) is 8.30. The van der Waals surface area contributed by atoms with Crippen LogP contribution in [0.5, 0.6) is 5.75 Å². The van der Waals surface area contributed by atoms with Crippen LogP contribution in [0.1, 0.15) is 67.2 Å². The highest BCUT2D eigenvalue weighted by atomic mass is 35.5. The maximum atomic E-state index is 12.4. The second-order valence-electron chi connectivity index (χ2n) is 9.57. The quantitative estimate of drug-likeness (QED) is 0.467. The van der Waals surface area contributed by atoms with Crippen LogP contribution in [0.2, 0.25) is 0 Å². The summed E-state index contributed by atoms with van der Waals surface area (Å²) in [6.45, 7) is 9.24. The van der Waals surface area contributed by atoms with E-state index in [9.17, 15) is 19.8 Å². The van der Waals surface area contributed by atoms with Crippen LogP contribution in [0.15, 0.2) is 23.0 Å². The molecule has 0 amide bonds. The van der Waals surface area contributed by atoms with E-state index in [2.05, 4.69) is 61.7 Å². The molecule has 2 aromatic heterocycles. The lowest BCUT2D eigenvalue weighted by molar-refractivity contribution is 0.0691. The molecule has 4 N–H and O–H groups in total. The molecular weight excluding hydrogens is 430 g/mol. The summed E-state index contributed by atoms with van der Waals surface area (Å²) in [7, 11) is 2.05. The summed E-state index contributed by atoms with van der Waals surface area (Å²) in [6, 6.07) is 6.33. The van der Waals surface area contributed by atoms with Gasteiger partial charge in [0, 0.05) is 46.9 Å². The van der Waals surface area contributed by atoms with Crippen molar-refractivity contribution < 1.29 is 15.0 Å². The molecule has 2 heterocycles. The molecular formula is C24H30ClN3O4. The Hall–Kier alpha value is -2.77. The molecule has 0 saturated carbocycles. The highest BCUT2D eigenvalue weighted by molar-refractivity contribution is 5.93. The molecule has 32 heavy (non-hydrogen) atoms. The summed E-state index contributed by atoms with van der Waals surface area (Å²) < 4.78 is 2.18. The third-order valence-electron chi connectivity index (χ3n) is 6.24. The number of aromatic hydroxyl groups is 1. The van der Waals surface area contributed by atoms with Gasteiger partial charge in [-0.05, 0) is 63.3 Å². The molecule has 1 aliphatic carbocycles. The Kier molecular flexibility index (Phi) is 6.19. The maximum Gasteiger partial charge on any atom is 0.345 e. The Morgan fingerprint density at radius 3 is 2.59 bits per heavy atom. The number of nitrogens with one attached hydrogen (secondary N) is 2. The fourth-order valence-corrected chi connectivity index (χ4v) is 4.42. The third-order valence-corrected chi connectivity index (χ3v) is 6.24. The first-order valence-electron chi connectivity index (χ1n) is 10.6. The predicted octanol–water partition coefficient (Wildman–Crippen LogP) is 4.30. The number of H-pyrrole nitrogens is 1. The average Bonchev–Trinajstić information content (AvgIpc) is 2.90. The number of aromatic carboxylic acids is 1. The molecule has 8 heteroatoms. The van der Waals surface area contributed by atoms with E-state index in [-0.39, 0.29) is 23.9 Å². The van der Waals surface area contributed by atoms with Gasteiger partial charge in [0.25, 0.3) is 5.56 Å². The van der Waals surface area contributed by atoms with Crippen molar-refractivity contribution in [3.8, 4) is 17.0 Å². The fraction of sp³-hybridized carbons (Fsp3) is 0.417. The number of benzene rings is 1. The van der Waals surface area contributed by atoms with E-state index in [1.807, 2.05) is 6.07 Å². The summed E-state index contributed by atoms with van der Waals surface area (Å²) in [5, 5.41) is 24.5. The van der Waals surface area contributed by atoms with Crippen LogP contribution in [0.25, 0.3) is 22.2 Å². The van der Waals surface area contributed by atoms with E-state index < -0.39 is 22.8 Å². The van der Waals surface area contributed by atoms with Gasteiger partial charge in [0.1, 0.15) is 5.75 Å². The molecule has 0 bridgehead atoms. The Balaban J connectivity index is 0.00000289. The number of pyridine rings is 1. The average molecular weight is 460 g/mol. The van der Waals surface area contributed by atoms with Gasteiger partial charge in [0.05, 0.1) is 5.69 Å². The molecule has 1 aromatic carbocycles. The number of nitrogens with zero attached hydrogens (tertiary/aromatic N) is 1. The molecule has 3 aromatic rings. The van der Waals surface area contributed by atoms with E-state index in [0.29, 0.717) is 17.7 Å². The van der Waals surface area contributed by atoms with Crippen LogP contribution in [0.4, 0.5) is 0 Å². The largest absolute Gasteiger partial charge is 0.506 e. The topological polar surface area (TPSA) is 107 Å². The minimum Gasteiger partial charge on any atom is -0.506 e. The van der Waals surface area contributed by atoms with Crippen molar-refractivity contribution in [2.45, 2.75) is 58.5 Å². The molecule has 0 spiro atoms. The zero-order valence-electron chi connectivity index (χ0n) is 19.0. The van der Waals surface area contributed by atoms with Gasteiger partial charge in [-0.25, -0.2) is 4.79 Å². The molecule has 0 fully saturated rings. The molecule has 0 radical (unpaired) electrons. The normalized spacial score (nSPS) is 15.6. The third kappa shape index (κ3) is 4.02. The van der Waals surface area contributed by atoms with Gasteiger partial charge in [0.15, 0.2) is 5.56 Å². The fourth-order valence-electron chi connectivity index (χ4n) is 4.42. The number of carbonyl (C=O) groups is 1. The van der Waals surface area contributed by atoms with E-state index >= 15 is 0 Å². The van der Waals surface area contributed by atoms with Gasteiger partial charge in [-0.1, -0.05) is 6.92 Å². The van der Waals surface area contributed by atoms with Crippen molar-refractivity contribution in [1.82, 2.24) is 14.9 Å². The van der Waals surface area contributed by atoms with Crippen molar-refractivity contribution in [3.63, 3.8) is 0 Å². The van der Waals surface area contributed by atoms with Crippen LogP contribution >= 0.6 is 12.4 Å². The highest BCUT2D eigenvalue weighted by Crippen LogP contribution is 2.42. The first kappa shape index (κ1) is 23.9. The number of rotatable bonds is 3. The smallest absolute Gasteiger partial charge is 0.345 e. The number of halogens is 1. The highest BCUT2D eigenvalue weighted by Gasteiger charge is 2.28. The summed E-state index contributed by atoms with van der Waals surface area (Å²) in [6.07, 6.45) is 1.23. The predicted molar refractivity (Wildman–Crippen MR) is 128 cm³/mol. The Bertz CT molecular complexity index is 1270. The number of aryl methyl sites for hydroxylation is 1. The first-order chi connectivity index (χ1) is 14.5. The lowest BCUT2D eigenvalue weighted by Gasteiger charge is -2.20. The standard InChI is InChI=1S/C24H29N3O4.ClH/c1-12-6-7-15-20(26-22(29)19(21(15)28)23(30)31)17-9-13-8-14(11-25-24(2,3)4)27(5)18(13)10-16(12)17;/h8-10,12,25H,6-7,11H2,1-5H3,(H,30,31)(H2,26,28,29);1H. The van der Waals surface area contributed by atoms with Crippen LogP contribution in [-0.4, -0.2) is 31.3 Å². The molecule has 1 unspecified atom stereocenters. The molecule has 7 nitrogen and oxygen atoms in total. The molecule has 0 aliphatic heterocycles. The van der Waals surface area contributed by atoms with Gasteiger partial charge in [-0.3, -0.25) is 4.79 Å². The van der Waals surface area contributed by atoms with E-state index in [1.54, 1.807) is 0 Å². The van der Waals surface area contributed by atoms with Gasteiger partial charge < -0.3 is 25.1 Å². The summed E-state index contributed by atoms with van der Waals surface area (Å²) in [5.41, 5.74) is 3.82. The summed E-state index contributed by atoms with van der Waals surface area (Å²) >= 11 is 0.